The third kappa shape index (κ3) is 6.70. The van der Waals surface area contributed by atoms with Gasteiger partial charge >= 0.3 is 0 Å². The SMILES string of the molecule is CC(NC(=O)COc1ccc(OCc2ccccc2)cc1)C(=O)NCc1ccco1. The predicted molar refractivity (Wildman–Crippen MR) is 111 cm³/mol. The Labute approximate surface area is 175 Å². The summed E-state index contributed by atoms with van der Waals surface area (Å²) in [5.41, 5.74) is 1.08. The molecule has 7 heteroatoms. The molecule has 0 saturated carbocycles. The highest BCUT2D eigenvalue weighted by Crippen LogP contribution is 2.18. The van der Waals surface area contributed by atoms with Crippen molar-refractivity contribution < 1.29 is 23.5 Å². The minimum absolute atomic E-state index is 0.194. The van der Waals surface area contributed by atoms with Crippen molar-refractivity contribution in [3.05, 3.63) is 84.3 Å². The molecule has 3 aromatic rings. The number of benzene rings is 2. The largest absolute Gasteiger partial charge is 0.489 e. The van der Waals surface area contributed by atoms with Gasteiger partial charge in [0.05, 0.1) is 12.8 Å². The molecule has 0 aliphatic heterocycles. The van der Waals surface area contributed by atoms with Crippen LogP contribution in [0.2, 0.25) is 0 Å². The lowest BCUT2D eigenvalue weighted by Gasteiger charge is -2.14. The van der Waals surface area contributed by atoms with Crippen LogP contribution >= 0.6 is 0 Å². The molecule has 0 fully saturated rings. The van der Waals surface area contributed by atoms with Crippen LogP contribution in [0.5, 0.6) is 11.5 Å². The first-order chi connectivity index (χ1) is 14.6. The minimum atomic E-state index is -0.690. The Balaban J connectivity index is 1.37. The van der Waals surface area contributed by atoms with Crippen LogP contribution < -0.4 is 20.1 Å². The summed E-state index contributed by atoms with van der Waals surface area (Å²) in [5.74, 6) is 1.19. The Morgan fingerprint density at radius 1 is 0.933 bits per heavy atom. The van der Waals surface area contributed by atoms with E-state index in [4.69, 9.17) is 13.9 Å². The van der Waals surface area contributed by atoms with Crippen LogP contribution in [0.15, 0.2) is 77.4 Å². The maximum atomic E-state index is 12.0. The highest BCUT2D eigenvalue weighted by atomic mass is 16.5. The third-order valence-electron chi connectivity index (χ3n) is 4.23. The first-order valence-corrected chi connectivity index (χ1v) is 9.59. The molecule has 2 amide bonds. The first kappa shape index (κ1) is 21.0. The topological polar surface area (TPSA) is 89.8 Å². The molecule has 0 radical (unpaired) electrons. The number of rotatable bonds is 10. The maximum absolute atomic E-state index is 12.0. The van der Waals surface area contributed by atoms with Gasteiger partial charge in [-0.05, 0) is 48.9 Å². The van der Waals surface area contributed by atoms with E-state index < -0.39 is 6.04 Å². The number of ether oxygens (including phenoxy) is 2. The van der Waals surface area contributed by atoms with E-state index in [0.717, 1.165) is 5.56 Å². The van der Waals surface area contributed by atoms with E-state index in [2.05, 4.69) is 10.6 Å². The lowest BCUT2D eigenvalue weighted by Crippen LogP contribution is -2.46. The Morgan fingerprint density at radius 3 is 2.30 bits per heavy atom. The normalized spacial score (nSPS) is 11.4. The average molecular weight is 408 g/mol. The fraction of sp³-hybridized carbons (Fsp3) is 0.217. The van der Waals surface area contributed by atoms with Crippen LogP contribution in [0, 0.1) is 0 Å². The lowest BCUT2D eigenvalue weighted by molar-refractivity contribution is -0.129. The van der Waals surface area contributed by atoms with Crippen LogP contribution in [-0.2, 0) is 22.7 Å². The molecule has 1 atom stereocenters. The zero-order valence-corrected chi connectivity index (χ0v) is 16.7. The van der Waals surface area contributed by atoms with Crippen molar-refractivity contribution in [2.24, 2.45) is 0 Å². The van der Waals surface area contributed by atoms with Gasteiger partial charge in [0.25, 0.3) is 5.91 Å². The molecule has 3 rings (SSSR count). The molecule has 2 aromatic carbocycles. The van der Waals surface area contributed by atoms with Crippen LogP contribution in [0.4, 0.5) is 0 Å². The summed E-state index contributed by atoms with van der Waals surface area (Å²) in [4.78, 5) is 24.1. The monoisotopic (exact) mass is 408 g/mol. The first-order valence-electron chi connectivity index (χ1n) is 9.59. The summed E-state index contributed by atoms with van der Waals surface area (Å²) in [6.07, 6.45) is 1.53. The number of furan rings is 1. The lowest BCUT2D eigenvalue weighted by atomic mass is 10.2. The van der Waals surface area contributed by atoms with E-state index in [1.165, 1.54) is 6.26 Å². The summed E-state index contributed by atoms with van der Waals surface area (Å²) in [6, 6.07) is 19.7. The molecule has 30 heavy (non-hydrogen) atoms. The van der Waals surface area contributed by atoms with Gasteiger partial charge in [0.1, 0.15) is 29.9 Å². The summed E-state index contributed by atoms with van der Waals surface area (Å²) >= 11 is 0. The summed E-state index contributed by atoms with van der Waals surface area (Å²) in [6.45, 7) is 2.15. The standard InChI is InChI=1S/C23H24N2O5/c1-17(23(27)24-14-21-8-5-13-28-21)25-22(26)16-30-20-11-9-19(10-12-20)29-15-18-6-3-2-4-7-18/h2-13,17H,14-16H2,1H3,(H,24,27)(H,25,26). The second kappa shape index (κ2) is 10.7. The van der Waals surface area contributed by atoms with Crippen molar-refractivity contribution in [3.63, 3.8) is 0 Å². The summed E-state index contributed by atoms with van der Waals surface area (Å²) in [7, 11) is 0. The van der Waals surface area contributed by atoms with E-state index in [1.807, 2.05) is 30.3 Å². The predicted octanol–water partition coefficient (Wildman–Crippen LogP) is 3.06. The molecule has 0 aliphatic rings. The van der Waals surface area contributed by atoms with Crippen molar-refractivity contribution in [2.45, 2.75) is 26.1 Å². The van der Waals surface area contributed by atoms with E-state index in [1.54, 1.807) is 43.3 Å². The molecule has 0 bridgehead atoms. The fourth-order valence-electron chi connectivity index (χ4n) is 2.61. The molecule has 0 saturated heterocycles. The molecule has 1 heterocycles. The van der Waals surface area contributed by atoms with Crippen LogP contribution in [0.3, 0.4) is 0 Å². The number of nitrogens with one attached hydrogen (secondary N) is 2. The molecule has 1 aromatic heterocycles. The van der Waals surface area contributed by atoms with Gasteiger partial charge in [-0.25, -0.2) is 0 Å². The van der Waals surface area contributed by atoms with Gasteiger partial charge in [0, 0.05) is 0 Å². The molecule has 1 unspecified atom stereocenters. The summed E-state index contributed by atoms with van der Waals surface area (Å²) in [5, 5.41) is 5.29. The highest BCUT2D eigenvalue weighted by Gasteiger charge is 2.16. The smallest absolute Gasteiger partial charge is 0.258 e. The van der Waals surface area contributed by atoms with E-state index in [0.29, 0.717) is 23.9 Å². The van der Waals surface area contributed by atoms with Crippen molar-refractivity contribution in [1.82, 2.24) is 10.6 Å². The Bertz CT molecular complexity index is 924. The zero-order valence-electron chi connectivity index (χ0n) is 16.7. The van der Waals surface area contributed by atoms with Crippen LogP contribution in [0.25, 0.3) is 0 Å². The number of carbonyl (C=O) groups excluding carboxylic acids is 2. The van der Waals surface area contributed by atoms with Gasteiger partial charge in [-0.15, -0.1) is 0 Å². The van der Waals surface area contributed by atoms with Gasteiger partial charge in [0.15, 0.2) is 6.61 Å². The van der Waals surface area contributed by atoms with Crippen LogP contribution in [0.1, 0.15) is 18.2 Å². The van der Waals surface area contributed by atoms with Crippen LogP contribution in [-0.4, -0.2) is 24.5 Å². The van der Waals surface area contributed by atoms with E-state index in [9.17, 15) is 9.59 Å². The number of hydrogen-bond donors (Lipinski definition) is 2. The van der Waals surface area contributed by atoms with Gasteiger partial charge in [0.2, 0.25) is 5.91 Å². The summed E-state index contributed by atoms with van der Waals surface area (Å²) < 4.78 is 16.3. The highest BCUT2D eigenvalue weighted by molar-refractivity contribution is 5.87. The van der Waals surface area contributed by atoms with Gasteiger partial charge < -0.3 is 24.5 Å². The van der Waals surface area contributed by atoms with Gasteiger partial charge in [-0.1, -0.05) is 30.3 Å². The minimum Gasteiger partial charge on any atom is -0.489 e. The quantitative estimate of drug-likeness (QED) is 0.538. The number of carbonyl (C=O) groups is 2. The van der Waals surface area contributed by atoms with Crippen molar-refractivity contribution >= 4 is 11.8 Å². The molecular weight excluding hydrogens is 384 g/mol. The second-order valence-corrected chi connectivity index (χ2v) is 6.62. The molecule has 7 nitrogen and oxygen atoms in total. The number of hydrogen-bond acceptors (Lipinski definition) is 5. The third-order valence-corrected chi connectivity index (χ3v) is 4.23. The molecule has 0 spiro atoms. The van der Waals surface area contributed by atoms with Gasteiger partial charge in [-0.3, -0.25) is 9.59 Å². The number of amides is 2. The van der Waals surface area contributed by atoms with Crippen molar-refractivity contribution in [1.29, 1.82) is 0 Å². The maximum Gasteiger partial charge on any atom is 0.258 e. The Hall–Kier alpha value is -3.74. The average Bonchev–Trinajstić information content (AvgIpc) is 3.29. The molecule has 156 valence electrons. The van der Waals surface area contributed by atoms with E-state index >= 15 is 0 Å². The van der Waals surface area contributed by atoms with Crippen molar-refractivity contribution in [2.75, 3.05) is 6.61 Å². The Morgan fingerprint density at radius 2 is 1.63 bits per heavy atom. The van der Waals surface area contributed by atoms with E-state index in [-0.39, 0.29) is 25.0 Å². The second-order valence-electron chi connectivity index (χ2n) is 6.62. The molecule has 2 N–H and O–H groups in total. The Kier molecular flexibility index (Phi) is 7.49. The zero-order chi connectivity index (χ0) is 21.2. The van der Waals surface area contributed by atoms with Gasteiger partial charge in [-0.2, -0.15) is 0 Å². The fourth-order valence-corrected chi connectivity index (χ4v) is 2.61. The molecule has 0 aliphatic carbocycles. The van der Waals surface area contributed by atoms with Crippen molar-refractivity contribution in [3.8, 4) is 11.5 Å². The molecular formula is C23H24N2O5.